The lowest BCUT2D eigenvalue weighted by Crippen LogP contribution is -2.36. The number of hydrogen-bond acceptors (Lipinski definition) is 2. The number of nitrogens with one attached hydrogen (secondary N) is 1. The molecule has 0 amide bonds. The number of halogens is 1. The average Bonchev–Trinajstić information content (AvgIpc) is 2.47. The lowest BCUT2D eigenvalue weighted by Gasteiger charge is -2.30. The molecule has 0 aliphatic heterocycles. The summed E-state index contributed by atoms with van der Waals surface area (Å²) in [6, 6.07) is 9.61. The molecular weight excluding hydrogens is 324 g/mol. The Morgan fingerprint density at radius 1 is 1.19 bits per heavy atom. The van der Waals surface area contributed by atoms with Gasteiger partial charge in [-0.1, -0.05) is 54.9 Å². The Bertz CT molecular complexity index is 406. The van der Waals surface area contributed by atoms with Gasteiger partial charge in [-0.15, -0.1) is 0 Å². The summed E-state index contributed by atoms with van der Waals surface area (Å²) in [6.45, 7) is 11.3. The SMILES string of the molecule is CCCNC(CCN(C)C(C)C(C)C)c1ccccc1Br. The first-order valence-electron chi connectivity index (χ1n) is 8.15. The third-order valence-corrected chi connectivity index (χ3v) is 5.07. The van der Waals surface area contributed by atoms with E-state index in [2.05, 4.69) is 85.2 Å². The molecule has 0 spiro atoms. The summed E-state index contributed by atoms with van der Waals surface area (Å²) in [5, 5.41) is 3.69. The topological polar surface area (TPSA) is 15.3 Å². The van der Waals surface area contributed by atoms with Crippen molar-refractivity contribution in [1.29, 1.82) is 0 Å². The van der Waals surface area contributed by atoms with Crippen molar-refractivity contribution in [3.05, 3.63) is 34.3 Å². The van der Waals surface area contributed by atoms with Crippen molar-refractivity contribution >= 4 is 15.9 Å². The second-order valence-electron chi connectivity index (χ2n) is 6.28. The van der Waals surface area contributed by atoms with Crippen LogP contribution in [-0.4, -0.2) is 31.1 Å². The van der Waals surface area contributed by atoms with E-state index >= 15 is 0 Å². The highest BCUT2D eigenvalue weighted by molar-refractivity contribution is 9.10. The molecule has 1 aromatic carbocycles. The van der Waals surface area contributed by atoms with Crippen LogP contribution in [-0.2, 0) is 0 Å². The first kappa shape index (κ1) is 18.7. The Morgan fingerprint density at radius 2 is 1.86 bits per heavy atom. The summed E-state index contributed by atoms with van der Waals surface area (Å²) < 4.78 is 1.21. The zero-order valence-corrected chi connectivity index (χ0v) is 15.8. The Balaban J connectivity index is 2.69. The highest BCUT2D eigenvalue weighted by atomic mass is 79.9. The van der Waals surface area contributed by atoms with E-state index in [-0.39, 0.29) is 0 Å². The van der Waals surface area contributed by atoms with Gasteiger partial charge in [-0.25, -0.2) is 0 Å². The van der Waals surface area contributed by atoms with E-state index in [4.69, 9.17) is 0 Å². The fraction of sp³-hybridized carbons (Fsp3) is 0.667. The molecule has 21 heavy (non-hydrogen) atoms. The van der Waals surface area contributed by atoms with Crippen molar-refractivity contribution in [3.63, 3.8) is 0 Å². The van der Waals surface area contributed by atoms with Crippen LogP contribution in [0, 0.1) is 5.92 Å². The fourth-order valence-electron chi connectivity index (χ4n) is 2.49. The number of nitrogens with zero attached hydrogens (tertiary/aromatic N) is 1. The van der Waals surface area contributed by atoms with Crippen LogP contribution < -0.4 is 5.32 Å². The molecular formula is C18H31BrN2. The second-order valence-corrected chi connectivity index (χ2v) is 7.14. The maximum atomic E-state index is 3.69. The van der Waals surface area contributed by atoms with E-state index in [0.29, 0.717) is 18.0 Å². The van der Waals surface area contributed by atoms with Gasteiger partial charge in [-0.3, -0.25) is 0 Å². The van der Waals surface area contributed by atoms with Gasteiger partial charge in [0, 0.05) is 16.6 Å². The summed E-state index contributed by atoms with van der Waals surface area (Å²) in [4.78, 5) is 2.47. The summed E-state index contributed by atoms with van der Waals surface area (Å²) in [7, 11) is 2.24. The molecule has 0 saturated heterocycles. The molecule has 120 valence electrons. The molecule has 0 saturated carbocycles. The van der Waals surface area contributed by atoms with Crippen LogP contribution in [0.5, 0.6) is 0 Å². The first-order chi connectivity index (χ1) is 9.97. The highest BCUT2D eigenvalue weighted by Gasteiger charge is 2.17. The summed E-state index contributed by atoms with van der Waals surface area (Å²) in [5.74, 6) is 0.695. The summed E-state index contributed by atoms with van der Waals surface area (Å²) >= 11 is 3.69. The van der Waals surface area contributed by atoms with Crippen molar-refractivity contribution in [2.45, 2.75) is 52.6 Å². The second kappa shape index (κ2) is 9.60. The van der Waals surface area contributed by atoms with E-state index in [0.717, 1.165) is 19.5 Å². The number of rotatable bonds is 9. The quantitative estimate of drug-likeness (QED) is 0.681. The standard InChI is InChI=1S/C18H31BrN2/c1-6-12-20-18(16-9-7-8-10-17(16)19)11-13-21(5)15(4)14(2)3/h7-10,14-15,18,20H,6,11-13H2,1-5H3. The lowest BCUT2D eigenvalue weighted by atomic mass is 10.0. The molecule has 0 radical (unpaired) electrons. The highest BCUT2D eigenvalue weighted by Crippen LogP contribution is 2.26. The minimum atomic E-state index is 0.419. The van der Waals surface area contributed by atoms with Gasteiger partial charge < -0.3 is 10.2 Å². The van der Waals surface area contributed by atoms with E-state index in [1.807, 2.05) is 0 Å². The molecule has 1 aromatic rings. The van der Waals surface area contributed by atoms with E-state index in [1.165, 1.54) is 16.5 Å². The monoisotopic (exact) mass is 354 g/mol. The molecule has 0 bridgehead atoms. The van der Waals surface area contributed by atoms with Gasteiger partial charge in [-0.05, 0) is 57.5 Å². The molecule has 2 unspecified atom stereocenters. The Labute approximate surface area is 139 Å². The molecule has 0 fully saturated rings. The minimum Gasteiger partial charge on any atom is -0.310 e. The molecule has 2 nitrogen and oxygen atoms in total. The molecule has 3 heteroatoms. The molecule has 1 N–H and O–H groups in total. The van der Waals surface area contributed by atoms with Crippen molar-refractivity contribution in [1.82, 2.24) is 10.2 Å². The molecule has 0 aromatic heterocycles. The normalized spacial score (nSPS) is 14.7. The molecule has 2 atom stereocenters. The van der Waals surface area contributed by atoms with E-state index in [1.54, 1.807) is 0 Å². The smallest absolute Gasteiger partial charge is 0.0343 e. The van der Waals surface area contributed by atoms with Gasteiger partial charge in [0.15, 0.2) is 0 Å². The largest absolute Gasteiger partial charge is 0.310 e. The van der Waals surface area contributed by atoms with Gasteiger partial charge in [0.2, 0.25) is 0 Å². The average molecular weight is 355 g/mol. The number of hydrogen-bond donors (Lipinski definition) is 1. The fourth-order valence-corrected chi connectivity index (χ4v) is 3.05. The lowest BCUT2D eigenvalue weighted by molar-refractivity contribution is 0.198. The van der Waals surface area contributed by atoms with Gasteiger partial charge in [-0.2, -0.15) is 0 Å². The van der Waals surface area contributed by atoms with Crippen LogP contribution in [0.25, 0.3) is 0 Å². The Hall–Kier alpha value is -0.380. The maximum Gasteiger partial charge on any atom is 0.0343 e. The molecule has 0 aliphatic rings. The minimum absolute atomic E-state index is 0.419. The van der Waals surface area contributed by atoms with Crippen molar-refractivity contribution in [3.8, 4) is 0 Å². The van der Waals surface area contributed by atoms with Crippen LogP contribution >= 0.6 is 15.9 Å². The summed E-state index contributed by atoms with van der Waals surface area (Å²) in [6.07, 6.45) is 2.30. The Kier molecular flexibility index (Phi) is 8.53. The molecule has 0 heterocycles. The first-order valence-corrected chi connectivity index (χ1v) is 8.94. The maximum absolute atomic E-state index is 3.69. The third kappa shape index (κ3) is 6.09. The summed E-state index contributed by atoms with van der Waals surface area (Å²) in [5.41, 5.74) is 1.37. The van der Waals surface area contributed by atoms with Crippen LogP contribution in [0.3, 0.4) is 0 Å². The molecule has 0 aliphatic carbocycles. The predicted octanol–water partition coefficient (Wildman–Crippen LogP) is 4.86. The zero-order valence-electron chi connectivity index (χ0n) is 14.2. The van der Waals surface area contributed by atoms with Gasteiger partial charge in [0.25, 0.3) is 0 Å². The van der Waals surface area contributed by atoms with Crippen LogP contribution in [0.15, 0.2) is 28.7 Å². The van der Waals surface area contributed by atoms with Crippen LogP contribution in [0.2, 0.25) is 0 Å². The van der Waals surface area contributed by atoms with Crippen LogP contribution in [0.4, 0.5) is 0 Å². The molecule has 1 rings (SSSR count). The van der Waals surface area contributed by atoms with Crippen molar-refractivity contribution in [2.75, 3.05) is 20.1 Å². The van der Waals surface area contributed by atoms with Gasteiger partial charge in [0.1, 0.15) is 0 Å². The predicted molar refractivity (Wildman–Crippen MR) is 96.7 cm³/mol. The van der Waals surface area contributed by atoms with Crippen LogP contribution in [0.1, 0.15) is 52.1 Å². The van der Waals surface area contributed by atoms with Crippen molar-refractivity contribution < 1.29 is 0 Å². The number of benzene rings is 1. The van der Waals surface area contributed by atoms with Gasteiger partial charge in [0.05, 0.1) is 0 Å². The third-order valence-electron chi connectivity index (χ3n) is 4.35. The van der Waals surface area contributed by atoms with E-state index in [9.17, 15) is 0 Å². The Morgan fingerprint density at radius 3 is 2.43 bits per heavy atom. The van der Waals surface area contributed by atoms with Gasteiger partial charge >= 0.3 is 0 Å². The zero-order chi connectivity index (χ0) is 15.8. The van der Waals surface area contributed by atoms with Crippen molar-refractivity contribution in [2.24, 2.45) is 5.92 Å². The van der Waals surface area contributed by atoms with E-state index < -0.39 is 0 Å².